The maximum Gasteiger partial charge on any atom is 0.203 e. The van der Waals surface area contributed by atoms with Gasteiger partial charge in [-0.1, -0.05) is 6.92 Å². The van der Waals surface area contributed by atoms with Gasteiger partial charge in [0.1, 0.15) is 0 Å². The lowest BCUT2D eigenvalue weighted by Crippen LogP contribution is -2.19. The average molecular weight is 191 g/mol. The van der Waals surface area contributed by atoms with Crippen molar-refractivity contribution in [2.45, 2.75) is 45.1 Å². The molecule has 1 unspecified atom stereocenters. The first-order chi connectivity index (χ1) is 6.86. The molecule has 2 aliphatic rings. The minimum Gasteiger partial charge on any atom is -0.356 e. The highest BCUT2D eigenvalue weighted by molar-refractivity contribution is 5.38. The van der Waals surface area contributed by atoms with Crippen LogP contribution in [0, 0.1) is 0 Å². The molecule has 14 heavy (non-hydrogen) atoms. The molecule has 3 nitrogen and oxygen atoms in total. The van der Waals surface area contributed by atoms with Gasteiger partial charge in [0.2, 0.25) is 5.95 Å². The zero-order chi connectivity index (χ0) is 9.54. The molecule has 0 saturated carbocycles. The third kappa shape index (κ3) is 1.08. The molecule has 0 radical (unpaired) electrons. The van der Waals surface area contributed by atoms with E-state index in [2.05, 4.69) is 16.8 Å². The van der Waals surface area contributed by atoms with Crippen molar-refractivity contribution in [3.63, 3.8) is 0 Å². The molecule has 1 aliphatic heterocycles. The molecule has 3 rings (SSSR count). The summed E-state index contributed by atoms with van der Waals surface area (Å²) in [5, 5.41) is 3.39. The summed E-state index contributed by atoms with van der Waals surface area (Å²) in [6.07, 6.45) is 5.11. The summed E-state index contributed by atoms with van der Waals surface area (Å²) in [5.41, 5.74) is 2.87. The SMILES string of the molecule is CC1CCCc2c1nc1n2CCCN1. The van der Waals surface area contributed by atoms with Crippen molar-refractivity contribution in [2.75, 3.05) is 11.9 Å². The van der Waals surface area contributed by atoms with Gasteiger partial charge in [-0.2, -0.15) is 0 Å². The Labute approximate surface area is 84.5 Å². The van der Waals surface area contributed by atoms with E-state index in [1.54, 1.807) is 0 Å². The number of imidazole rings is 1. The molecule has 2 heterocycles. The average Bonchev–Trinajstić information content (AvgIpc) is 2.59. The topological polar surface area (TPSA) is 29.9 Å². The van der Waals surface area contributed by atoms with Gasteiger partial charge < -0.3 is 9.88 Å². The molecule has 76 valence electrons. The Morgan fingerprint density at radius 2 is 2.36 bits per heavy atom. The number of nitrogens with zero attached hydrogens (tertiary/aromatic N) is 2. The quantitative estimate of drug-likeness (QED) is 0.681. The Kier molecular flexibility index (Phi) is 1.79. The van der Waals surface area contributed by atoms with Gasteiger partial charge in [0.25, 0.3) is 0 Å². The monoisotopic (exact) mass is 191 g/mol. The van der Waals surface area contributed by atoms with Gasteiger partial charge in [-0.05, 0) is 25.7 Å². The standard InChI is InChI=1S/C11H17N3/c1-8-4-2-5-9-10(8)13-11-12-6-3-7-14(9)11/h8H,2-7H2,1H3,(H,12,13). The molecular formula is C11H17N3. The van der Waals surface area contributed by atoms with Crippen LogP contribution in [0.25, 0.3) is 0 Å². The van der Waals surface area contributed by atoms with Gasteiger partial charge in [0.05, 0.1) is 5.69 Å². The van der Waals surface area contributed by atoms with Crippen LogP contribution in [0.5, 0.6) is 0 Å². The van der Waals surface area contributed by atoms with Crippen molar-refractivity contribution < 1.29 is 0 Å². The molecule has 0 saturated heterocycles. The van der Waals surface area contributed by atoms with Gasteiger partial charge in [0, 0.05) is 24.7 Å². The third-order valence-electron chi connectivity index (χ3n) is 3.46. The largest absolute Gasteiger partial charge is 0.356 e. The zero-order valence-corrected chi connectivity index (χ0v) is 8.71. The molecule has 0 bridgehead atoms. The summed E-state index contributed by atoms with van der Waals surface area (Å²) < 4.78 is 2.40. The maximum absolute atomic E-state index is 4.72. The molecule has 1 aromatic rings. The van der Waals surface area contributed by atoms with Crippen molar-refractivity contribution in [1.29, 1.82) is 0 Å². The van der Waals surface area contributed by atoms with Crippen LogP contribution in [0.1, 0.15) is 43.5 Å². The van der Waals surface area contributed by atoms with Gasteiger partial charge in [-0.15, -0.1) is 0 Å². The fourth-order valence-electron chi connectivity index (χ4n) is 2.69. The number of hydrogen-bond donors (Lipinski definition) is 1. The zero-order valence-electron chi connectivity index (χ0n) is 8.71. The van der Waals surface area contributed by atoms with Crippen LogP contribution in [-0.4, -0.2) is 16.1 Å². The smallest absolute Gasteiger partial charge is 0.203 e. The number of nitrogens with one attached hydrogen (secondary N) is 1. The summed E-state index contributed by atoms with van der Waals surface area (Å²) in [5.74, 6) is 1.79. The van der Waals surface area contributed by atoms with Gasteiger partial charge >= 0.3 is 0 Å². The van der Waals surface area contributed by atoms with Crippen molar-refractivity contribution in [3.8, 4) is 0 Å². The van der Waals surface area contributed by atoms with Crippen molar-refractivity contribution in [1.82, 2.24) is 9.55 Å². The molecule has 1 atom stereocenters. The van der Waals surface area contributed by atoms with Crippen LogP contribution in [0.4, 0.5) is 5.95 Å². The number of fused-ring (bicyclic) bond motifs is 3. The van der Waals surface area contributed by atoms with E-state index >= 15 is 0 Å². The van der Waals surface area contributed by atoms with E-state index in [1.165, 1.54) is 37.1 Å². The predicted molar refractivity (Wildman–Crippen MR) is 56.7 cm³/mol. The molecule has 0 aromatic carbocycles. The molecule has 0 spiro atoms. The van der Waals surface area contributed by atoms with E-state index in [4.69, 9.17) is 4.98 Å². The van der Waals surface area contributed by atoms with Crippen molar-refractivity contribution in [2.24, 2.45) is 0 Å². The van der Waals surface area contributed by atoms with E-state index in [9.17, 15) is 0 Å². The van der Waals surface area contributed by atoms with Crippen molar-refractivity contribution in [3.05, 3.63) is 11.4 Å². The van der Waals surface area contributed by atoms with Gasteiger partial charge in [0.15, 0.2) is 0 Å². The van der Waals surface area contributed by atoms with Crippen LogP contribution in [0.15, 0.2) is 0 Å². The first-order valence-corrected chi connectivity index (χ1v) is 5.69. The van der Waals surface area contributed by atoms with Gasteiger partial charge in [-0.25, -0.2) is 4.98 Å². The Morgan fingerprint density at radius 3 is 3.29 bits per heavy atom. The van der Waals surface area contributed by atoms with Crippen LogP contribution in [0.3, 0.4) is 0 Å². The first kappa shape index (κ1) is 8.33. The van der Waals surface area contributed by atoms with Crippen LogP contribution in [-0.2, 0) is 13.0 Å². The Balaban J connectivity index is 2.10. The van der Waals surface area contributed by atoms with E-state index in [1.807, 2.05) is 0 Å². The Morgan fingerprint density at radius 1 is 1.43 bits per heavy atom. The fraction of sp³-hybridized carbons (Fsp3) is 0.727. The molecule has 0 amide bonds. The fourth-order valence-corrected chi connectivity index (χ4v) is 2.69. The first-order valence-electron chi connectivity index (χ1n) is 5.69. The molecular weight excluding hydrogens is 174 g/mol. The third-order valence-corrected chi connectivity index (χ3v) is 3.46. The van der Waals surface area contributed by atoms with E-state index < -0.39 is 0 Å². The highest BCUT2D eigenvalue weighted by Gasteiger charge is 2.25. The van der Waals surface area contributed by atoms with Crippen molar-refractivity contribution >= 4 is 5.95 Å². The normalized spacial score (nSPS) is 25.1. The number of hydrogen-bond acceptors (Lipinski definition) is 2. The molecule has 0 fully saturated rings. The minimum absolute atomic E-state index is 0.665. The summed E-state index contributed by atoms with van der Waals surface area (Å²) in [4.78, 5) is 4.72. The lowest BCUT2D eigenvalue weighted by atomic mass is 9.91. The Bertz CT molecular complexity index is 354. The highest BCUT2D eigenvalue weighted by Crippen LogP contribution is 2.33. The lowest BCUT2D eigenvalue weighted by Gasteiger charge is -2.21. The number of rotatable bonds is 0. The molecule has 1 aliphatic carbocycles. The molecule has 1 aromatic heterocycles. The summed E-state index contributed by atoms with van der Waals surface area (Å²) in [6, 6.07) is 0. The summed E-state index contributed by atoms with van der Waals surface area (Å²) in [7, 11) is 0. The predicted octanol–water partition coefficient (Wildman–Crippen LogP) is 2.14. The minimum atomic E-state index is 0.665. The van der Waals surface area contributed by atoms with Gasteiger partial charge in [-0.3, -0.25) is 0 Å². The number of anilines is 1. The highest BCUT2D eigenvalue weighted by atomic mass is 15.2. The summed E-state index contributed by atoms with van der Waals surface area (Å²) in [6.45, 7) is 4.55. The van der Waals surface area contributed by atoms with E-state index in [-0.39, 0.29) is 0 Å². The lowest BCUT2D eigenvalue weighted by molar-refractivity contribution is 0.538. The van der Waals surface area contributed by atoms with E-state index in [0.717, 1.165) is 19.0 Å². The second kappa shape index (κ2) is 3.01. The van der Waals surface area contributed by atoms with Crippen LogP contribution in [0.2, 0.25) is 0 Å². The van der Waals surface area contributed by atoms with Crippen LogP contribution >= 0.6 is 0 Å². The molecule has 3 heteroatoms. The summed E-state index contributed by atoms with van der Waals surface area (Å²) >= 11 is 0. The van der Waals surface area contributed by atoms with E-state index in [0.29, 0.717) is 5.92 Å². The second-order valence-electron chi connectivity index (χ2n) is 4.49. The Hall–Kier alpha value is -0.990. The maximum atomic E-state index is 4.72. The second-order valence-corrected chi connectivity index (χ2v) is 4.49. The number of aromatic nitrogens is 2. The van der Waals surface area contributed by atoms with Crippen LogP contribution < -0.4 is 5.32 Å². The molecule has 1 N–H and O–H groups in total.